The second kappa shape index (κ2) is 7.79. The maximum atomic E-state index is 12.4. The van der Waals surface area contributed by atoms with Crippen molar-refractivity contribution in [3.63, 3.8) is 0 Å². The van der Waals surface area contributed by atoms with Crippen molar-refractivity contribution in [2.24, 2.45) is 11.7 Å². The summed E-state index contributed by atoms with van der Waals surface area (Å²) >= 11 is 0. The Kier molecular flexibility index (Phi) is 5.51. The van der Waals surface area contributed by atoms with E-state index in [0.717, 1.165) is 52.0 Å². The molecule has 1 amide bonds. The topological polar surface area (TPSA) is 67.6 Å². The van der Waals surface area contributed by atoms with Gasteiger partial charge in [0.05, 0.1) is 13.2 Å². The summed E-state index contributed by atoms with van der Waals surface area (Å²) in [6, 6.07) is 8.49. The standard InChI is InChI=1S/C18H27N3O2/c19-16-6-3-5-14(12-16)18(22)20-13-15-4-1-2-7-17(15)21-8-10-23-11-9-21/h1-2,4,7,14,16H,3,5-6,8-13,19H2,(H,20,22)/t14-,16-/m1/s1. The molecule has 23 heavy (non-hydrogen) atoms. The Bertz CT molecular complexity index is 529. The average Bonchev–Trinajstić information content (AvgIpc) is 2.60. The molecule has 0 aromatic heterocycles. The minimum absolute atomic E-state index is 0.0781. The number of para-hydroxylation sites is 1. The summed E-state index contributed by atoms with van der Waals surface area (Å²) < 4.78 is 5.43. The number of nitrogens with two attached hydrogens (primary N) is 1. The fourth-order valence-corrected chi connectivity index (χ4v) is 3.57. The largest absolute Gasteiger partial charge is 0.378 e. The summed E-state index contributed by atoms with van der Waals surface area (Å²) in [6.45, 7) is 3.92. The van der Waals surface area contributed by atoms with Crippen molar-refractivity contribution in [3.05, 3.63) is 29.8 Å². The quantitative estimate of drug-likeness (QED) is 0.886. The van der Waals surface area contributed by atoms with Crippen LogP contribution >= 0.6 is 0 Å². The molecule has 2 aliphatic rings. The number of anilines is 1. The SMILES string of the molecule is N[C@@H]1CCC[C@@H](C(=O)NCc2ccccc2N2CCOCC2)C1. The van der Waals surface area contributed by atoms with Crippen molar-refractivity contribution >= 4 is 11.6 Å². The number of benzene rings is 1. The number of carbonyl (C=O) groups excluding carboxylic acids is 1. The smallest absolute Gasteiger partial charge is 0.223 e. The van der Waals surface area contributed by atoms with Crippen LogP contribution in [0.4, 0.5) is 5.69 Å². The number of ether oxygens (including phenoxy) is 1. The van der Waals surface area contributed by atoms with Gasteiger partial charge in [-0.15, -0.1) is 0 Å². The molecule has 1 aromatic carbocycles. The Morgan fingerprint density at radius 3 is 2.83 bits per heavy atom. The molecule has 0 spiro atoms. The lowest BCUT2D eigenvalue weighted by molar-refractivity contribution is -0.126. The zero-order valence-electron chi connectivity index (χ0n) is 13.7. The maximum absolute atomic E-state index is 12.4. The van der Waals surface area contributed by atoms with E-state index < -0.39 is 0 Å². The fraction of sp³-hybridized carbons (Fsp3) is 0.611. The van der Waals surface area contributed by atoms with Gasteiger partial charge in [-0.1, -0.05) is 24.6 Å². The first kappa shape index (κ1) is 16.3. The van der Waals surface area contributed by atoms with Gasteiger partial charge in [0, 0.05) is 37.3 Å². The van der Waals surface area contributed by atoms with Crippen LogP contribution in [0.3, 0.4) is 0 Å². The normalized spacial score (nSPS) is 25.2. The highest BCUT2D eigenvalue weighted by Gasteiger charge is 2.25. The second-order valence-corrected chi connectivity index (χ2v) is 6.57. The van der Waals surface area contributed by atoms with Crippen LogP contribution in [0, 0.1) is 5.92 Å². The highest BCUT2D eigenvalue weighted by Crippen LogP contribution is 2.24. The highest BCUT2D eigenvalue weighted by molar-refractivity contribution is 5.79. The van der Waals surface area contributed by atoms with Gasteiger partial charge in [0.1, 0.15) is 0 Å². The molecule has 1 aliphatic carbocycles. The molecule has 0 bridgehead atoms. The molecule has 1 aromatic rings. The zero-order valence-corrected chi connectivity index (χ0v) is 13.7. The van der Waals surface area contributed by atoms with Crippen molar-refractivity contribution < 1.29 is 9.53 Å². The lowest BCUT2D eigenvalue weighted by Crippen LogP contribution is -2.39. The van der Waals surface area contributed by atoms with Crippen LogP contribution in [0.2, 0.25) is 0 Å². The predicted molar refractivity (Wildman–Crippen MR) is 91.3 cm³/mol. The summed E-state index contributed by atoms with van der Waals surface area (Å²) in [5, 5.41) is 3.12. The molecule has 1 saturated heterocycles. The van der Waals surface area contributed by atoms with E-state index in [-0.39, 0.29) is 17.9 Å². The van der Waals surface area contributed by atoms with E-state index in [1.165, 1.54) is 11.3 Å². The summed E-state index contributed by atoms with van der Waals surface area (Å²) in [4.78, 5) is 14.7. The number of hydrogen-bond acceptors (Lipinski definition) is 4. The van der Waals surface area contributed by atoms with Gasteiger partial charge < -0.3 is 20.7 Å². The minimum Gasteiger partial charge on any atom is -0.378 e. The van der Waals surface area contributed by atoms with Crippen molar-refractivity contribution in [1.29, 1.82) is 0 Å². The van der Waals surface area contributed by atoms with E-state index in [1.807, 2.05) is 6.07 Å². The molecule has 2 fully saturated rings. The Morgan fingerprint density at radius 2 is 2.04 bits per heavy atom. The van der Waals surface area contributed by atoms with Crippen LogP contribution in [-0.2, 0) is 16.1 Å². The first-order valence-corrected chi connectivity index (χ1v) is 8.68. The first-order chi connectivity index (χ1) is 11.2. The first-order valence-electron chi connectivity index (χ1n) is 8.68. The molecule has 1 aliphatic heterocycles. The van der Waals surface area contributed by atoms with E-state index in [9.17, 15) is 4.79 Å². The predicted octanol–water partition coefficient (Wildman–Crippen LogP) is 1.66. The molecule has 5 nitrogen and oxygen atoms in total. The molecule has 5 heteroatoms. The maximum Gasteiger partial charge on any atom is 0.223 e. The van der Waals surface area contributed by atoms with E-state index in [1.54, 1.807) is 0 Å². The molecule has 1 saturated carbocycles. The van der Waals surface area contributed by atoms with Gasteiger partial charge in [-0.3, -0.25) is 4.79 Å². The van der Waals surface area contributed by atoms with Gasteiger partial charge in [0.15, 0.2) is 0 Å². The summed E-state index contributed by atoms with van der Waals surface area (Å²) in [7, 11) is 0. The van der Waals surface area contributed by atoms with Crippen molar-refractivity contribution in [1.82, 2.24) is 5.32 Å². The zero-order chi connectivity index (χ0) is 16.1. The van der Waals surface area contributed by atoms with Gasteiger partial charge in [0.25, 0.3) is 0 Å². The number of carbonyl (C=O) groups is 1. The number of morpholine rings is 1. The van der Waals surface area contributed by atoms with Gasteiger partial charge in [-0.25, -0.2) is 0 Å². The average molecular weight is 317 g/mol. The van der Waals surface area contributed by atoms with E-state index in [0.29, 0.717) is 6.54 Å². The third kappa shape index (κ3) is 4.24. The van der Waals surface area contributed by atoms with Crippen molar-refractivity contribution in [2.75, 3.05) is 31.2 Å². The molecular weight excluding hydrogens is 290 g/mol. The fourth-order valence-electron chi connectivity index (χ4n) is 3.57. The van der Waals surface area contributed by atoms with Crippen molar-refractivity contribution in [3.8, 4) is 0 Å². The molecule has 0 unspecified atom stereocenters. The van der Waals surface area contributed by atoms with Crippen molar-refractivity contribution in [2.45, 2.75) is 38.3 Å². The lowest BCUT2D eigenvalue weighted by atomic mass is 9.85. The molecule has 3 N–H and O–H groups in total. The van der Waals surface area contributed by atoms with E-state index in [2.05, 4.69) is 28.4 Å². The number of amides is 1. The van der Waals surface area contributed by atoms with E-state index >= 15 is 0 Å². The van der Waals surface area contributed by atoms with Gasteiger partial charge >= 0.3 is 0 Å². The van der Waals surface area contributed by atoms with Crippen LogP contribution in [-0.4, -0.2) is 38.3 Å². The minimum atomic E-state index is 0.0781. The summed E-state index contributed by atoms with van der Waals surface area (Å²) in [6.07, 6.45) is 3.88. The molecule has 0 radical (unpaired) electrons. The molecule has 2 atom stereocenters. The monoisotopic (exact) mass is 317 g/mol. The summed E-state index contributed by atoms with van der Waals surface area (Å²) in [5.41, 5.74) is 8.37. The van der Waals surface area contributed by atoms with Crippen LogP contribution < -0.4 is 16.0 Å². The molecule has 126 valence electrons. The Balaban J connectivity index is 1.60. The third-order valence-corrected chi connectivity index (χ3v) is 4.88. The van der Waals surface area contributed by atoms with E-state index in [4.69, 9.17) is 10.5 Å². The Labute approximate surface area is 138 Å². The second-order valence-electron chi connectivity index (χ2n) is 6.57. The number of nitrogens with one attached hydrogen (secondary N) is 1. The Hall–Kier alpha value is -1.59. The van der Waals surface area contributed by atoms with Gasteiger partial charge in [-0.05, 0) is 30.9 Å². The molecule has 1 heterocycles. The number of nitrogens with zero attached hydrogens (tertiary/aromatic N) is 1. The number of rotatable bonds is 4. The highest BCUT2D eigenvalue weighted by atomic mass is 16.5. The van der Waals surface area contributed by atoms with Crippen LogP contribution in [0.15, 0.2) is 24.3 Å². The molecule has 3 rings (SSSR count). The third-order valence-electron chi connectivity index (χ3n) is 4.88. The van der Waals surface area contributed by atoms with Gasteiger partial charge in [-0.2, -0.15) is 0 Å². The van der Waals surface area contributed by atoms with Crippen LogP contribution in [0.1, 0.15) is 31.2 Å². The van der Waals surface area contributed by atoms with Gasteiger partial charge in [0.2, 0.25) is 5.91 Å². The summed E-state index contributed by atoms with van der Waals surface area (Å²) in [5.74, 6) is 0.228. The Morgan fingerprint density at radius 1 is 1.26 bits per heavy atom. The lowest BCUT2D eigenvalue weighted by Gasteiger charge is -2.31. The van der Waals surface area contributed by atoms with Crippen LogP contribution in [0.5, 0.6) is 0 Å². The van der Waals surface area contributed by atoms with Crippen LogP contribution in [0.25, 0.3) is 0 Å². The number of hydrogen-bond donors (Lipinski definition) is 2. The molecular formula is C18H27N3O2.